The SMILES string of the molecule is COc1ccc(-c2cnc3c(Nc4ccc(C(=O)N5CCN(C(=O)[C@@H]6C[C@@H](OC(=O)CN)CN6)CC5)c(C)c4)nccn23)c(F)c1F. The van der Waals surface area contributed by atoms with Crippen LogP contribution in [0.15, 0.2) is 48.9 Å². The summed E-state index contributed by atoms with van der Waals surface area (Å²) in [6.07, 6.45) is 4.56. The Labute approximate surface area is 268 Å². The average Bonchev–Trinajstić information content (AvgIpc) is 3.73. The van der Waals surface area contributed by atoms with Crippen molar-refractivity contribution in [1.82, 2.24) is 29.5 Å². The van der Waals surface area contributed by atoms with Gasteiger partial charge in [-0.25, -0.2) is 14.4 Å². The monoisotopic (exact) mass is 648 g/mol. The van der Waals surface area contributed by atoms with Crippen molar-refractivity contribution in [3.05, 3.63) is 71.7 Å². The van der Waals surface area contributed by atoms with Crippen LogP contribution in [0.2, 0.25) is 0 Å². The molecule has 0 bridgehead atoms. The van der Waals surface area contributed by atoms with Crippen molar-refractivity contribution >= 4 is 34.9 Å². The quantitative estimate of drug-likeness (QED) is 0.242. The van der Waals surface area contributed by atoms with Gasteiger partial charge in [0.05, 0.1) is 31.6 Å². The first-order chi connectivity index (χ1) is 22.7. The van der Waals surface area contributed by atoms with Crippen molar-refractivity contribution in [2.24, 2.45) is 5.73 Å². The summed E-state index contributed by atoms with van der Waals surface area (Å²) in [6, 6.07) is 7.64. The molecule has 2 saturated heterocycles. The molecular formula is C32H34F2N8O5. The number of benzene rings is 2. The molecule has 2 amide bonds. The zero-order chi connectivity index (χ0) is 33.2. The highest BCUT2D eigenvalue weighted by atomic mass is 19.2. The second-order valence-electron chi connectivity index (χ2n) is 11.3. The summed E-state index contributed by atoms with van der Waals surface area (Å²) in [5.74, 6) is -2.66. The minimum absolute atomic E-state index is 0.0197. The van der Waals surface area contributed by atoms with Crippen LogP contribution in [0.1, 0.15) is 22.3 Å². The van der Waals surface area contributed by atoms with E-state index in [0.29, 0.717) is 67.6 Å². The van der Waals surface area contributed by atoms with Crippen LogP contribution in [-0.4, -0.2) is 100 Å². The number of nitrogens with two attached hydrogens (primary N) is 1. The van der Waals surface area contributed by atoms with Gasteiger partial charge in [-0.15, -0.1) is 0 Å². The molecule has 4 N–H and O–H groups in total. The zero-order valence-corrected chi connectivity index (χ0v) is 25.8. The molecule has 4 aromatic rings. The highest BCUT2D eigenvalue weighted by molar-refractivity contribution is 5.96. The maximum atomic E-state index is 14.9. The largest absolute Gasteiger partial charge is 0.494 e. The van der Waals surface area contributed by atoms with Crippen molar-refractivity contribution in [3.8, 4) is 17.0 Å². The van der Waals surface area contributed by atoms with Gasteiger partial charge in [0.15, 0.2) is 23.0 Å². The van der Waals surface area contributed by atoms with Crippen molar-refractivity contribution < 1.29 is 32.6 Å². The van der Waals surface area contributed by atoms with Gasteiger partial charge in [-0.05, 0) is 42.8 Å². The van der Waals surface area contributed by atoms with Crippen molar-refractivity contribution in [2.45, 2.75) is 25.5 Å². The maximum Gasteiger partial charge on any atom is 0.320 e. The molecule has 15 heteroatoms. The number of nitrogens with zero attached hydrogens (tertiary/aromatic N) is 5. The molecule has 4 heterocycles. The van der Waals surface area contributed by atoms with E-state index in [1.807, 2.05) is 13.0 Å². The van der Waals surface area contributed by atoms with Gasteiger partial charge in [0.2, 0.25) is 11.7 Å². The number of ether oxygens (including phenoxy) is 2. The van der Waals surface area contributed by atoms with Gasteiger partial charge in [-0.1, -0.05) is 0 Å². The molecule has 2 fully saturated rings. The molecule has 0 radical (unpaired) electrons. The van der Waals surface area contributed by atoms with Gasteiger partial charge < -0.3 is 35.6 Å². The van der Waals surface area contributed by atoms with E-state index >= 15 is 0 Å². The smallest absolute Gasteiger partial charge is 0.320 e. The predicted octanol–water partition coefficient (Wildman–Crippen LogP) is 2.25. The Morgan fingerprint density at radius 3 is 2.55 bits per heavy atom. The Bertz CT molecular complexity index is 1840. The molecule has 0 unspecified atom stereocenters. The van der Waals surface area contributed by atoms with Crippen LogP contribution in [0, 0.1) is 18.6 Å². The number of nitrogens with one attached hydrogen (secondary N) is 2. The molecule has 2 atom stereocenters. The van der Waals surface area contributed by atoms with Gasteiger partial charge in [-0.3, -0.25) is 18.8 Å². The number of hydrogen-bond acceptors (Lipinski definition) is 10. The van der Waals surface area contributed by atoms with Crippen molar-refractivity contribution in [2.75, 3.05) is 51.7 Å². The summed E-state index contributed by atoms with van der Waals surface area (Å²) in [7, 11) is 1.27. The number of aryl methyl sites for hydroxylation is 1. The van der Waals surface area contributed by atoms with E-state index in [4.69, 9.17) is 15.2 Å². The fourth-order valence-corrected chi connectivity index (χ4v) is 5.95. The number of fused-ring (bicyclic) bond motifs is 1. The number of hydrogen-bond donors (Lipinski definition) is 3. The Morgan fingerprint density at radius 1 is 1.06 bits per heavy atom. The molecule has 13 nitrogen and oxygen atoms in total. The maximum absolute atomic E-state index is 14.9. The fourth-order valence-electron chi connectivity index (χ4n) is 5.95. The molecule has 0 saturated carbocycles. The lowest BCUT2D eigenvalue weighted by molar-refractivity contribution is -0.147. The summed E-state index contributed by atoms with van der Waals surface area (Å²) in [6.45, 7) is 3.57. The van der Waals surface area contributed by atoms with Gasteiger partial charge in [-0.2, -0.15) is 4.39 Å². The van der Waals surface area contributed by atoms with E-state index in [9.17, 15) is 23.2 Å². The highest BCUT2D eigenvalue weighted by Crippen LogP contribution is 2.32. The van der Waals surface area contributed by atoms with Gasteiger partial charge in [0, 0.05) is 68.4 Å². The third-order valence-electron chi connectivity index (χ3n) is 8.42. The van der Waals surface area contributed by atoms with Gasteiger partial charge in [0.25, 0.3) is 5.91 Å². The summed E-state index contributed by atoms with van der Waals surface area (Å²) in [5, 5.41) is 6.32. The number of carbonyl (C=O) groups excluding carboxylic acids is 3. The lowest BCUT2D eigenvalue weighted by atomic mass is 10.1. The van der Waals surface area contributed by atoms with Crippen LogP contribution in [-0.2, 0) is 14.3 Å². The van der Waals surface area contributed by atoms with E-state index in [0.717, 1.165) is 5.56 Å². The molecule has 2 aromatic heterocycles. The first-order valence-electron chi connectivity index (χ1n) is 15.1. The normalized spacial score (nSPS) is 18.0. The highest BCUT2D eigenvalue weighted by Gasteiger charge is 2.35. The topological polar surface area (TPSA) is 156 Å². The Kier molecular flexibility index (Phi) is 9.00. The lowest BCUT2D eigenvalue weighted by Gasteiger charge is -2.36. The second kappa shape index (κ2) is 13.3. The van der Waals surface area contributed by atoms with E-state index < -0.39 is 23.6 Å². The molecule has 0 spiro atoms. The standard InChI is InChI=1S/C32H34F2N8O5/c1-18-13-19(39-29-30-38-17-24(42(30)8-7-36-29)22-5-6-25(46-2)28(34)27(22)33)3-4-21(18)31(44)40-9-11-41(12-10-40)32(45)23-14-20(16-37-23)47-26(43)15-35/h3-8,13,17,20,23,37H,9-12,14-16,35H2,1-2H3,(H,36,39)/t20-,23+/m1/s1. The van der Waals surface area contributed by atoms with Crippen LogP contribution in [0.5, 0.6) is 5.75 Å². The molecule has 2 aromatic carbocycles. The predicted molar refractivity (Wildman–Crippen MR) is 167 cm³/mol. The van der Waals surface area contributed by atoms with E-state index in [1.165, 1.54) is 31.6 Å². The van der Waals surface area contributed by atoms with Crippen LogP contribution in [0.4, 0.5) is 20.3 Å². The number of imidazole rings is 1. The molecule has 0 aliphatic carbocycles. The number of halogens is 2. The lowest BCUT2D eigenvalue weighted by Crippen LogP contribution is -2.54. The van der Waals surface area contributed by atoms with E-state index in [2.05, 4.69) is 20.6 Å². The Hall–Kier alpha value is -5.15. The van der Waals surface area contributed by atoms with Gasteiger partial charge >= 0.3 is 5.97 Å². The van der Waals surface area contributed by atoms with Gasteiger partial charge in [0.1, 0.15) is 6.10 Å². The van der Waals surface area contributed by atoms with E-state index in [-0.39, 0.29) is 35.8 Å². The summed E-state index contributed by atoms with van der Waals surface area (Å²) >= 11 is 0. The zero-order valence-electron chi connectivity index (χ0n) is 25.8. The Balaban J connectivity index is 1.10. The van der Waals surface area contributed by atoms with E-state index in [1.54, 1.807) is 32.5 Å². The number of amides is 2. The fraction of sp³-hybridized carbons (Fsp3) is 0.344. The first-order valence-corrected chi connectivity index (χ1v) is 15.1. The second-order valence-corrected chi connectivity index (χ2v) is 11.3. The number of aromatic nitrogens is 3. The summed E-state index contributed by atoms with van der Waals surface area (Å²) in [5.41, 5.74) is 7.97. The number of carbonyl (C=O) groups is 3. The molecule has 47 heavy (non-hydrogen) atoms. The van der Waals surface area contributed by atoms with Crippen molar-refractivity contribution in [3.63, 3.8) is 0 Å². The molecule has 2 aliphatic rings. The molecule has 2 aliphatic heterocycles. The number of methoxy groups -OCH3 is 1. The number of rotatable bonds is 8. The minimum Gasteiger partial charge on any atom is -0.494 e. The van der Waals surface area contributed by atoms with Crippen LogP contribution >= 0.6 is 0 Å². The first kappa shape index (κ1) is 31.8. The molecule has 246 valence electrons. The molecule has 6 rings (SSSR count). The summed E-state index contributed by atoms with van der Waals surface area (Å²) in [4.78, 5) is 50.2. The third kappa shape index (κ3) is 6.31. The Morgan fingerprint density at radius 2 is 1.83 bits per heavy atom. The molecular weight excluding hydrogens is 614 g/mol. The average molecular weight is 649 g/mol. The van der Waals surface area contributed by atoms with Crippen LogP contribution in [0.25, 0.3) is 16.9 Å². The minimum atomic E-state index is -1.09. The summed E-state index contributed by atoms with van der Waals surface area (Å²) < 4.78 is 41.0. The number of esters is 1. The number of anilines is 2. The van der Waals surface area contributed by atoms with Crippen LogP contribution in [0.3, 0.4) is 0 Å². The van der Waals surface area contributed by atoms with Crippen molar-refractivity contribution in [1.29, 1.82) is 0 Å². The van der Waals surface area contributed by atoms with Crippen LogP contribution < -0.4 is 21.1 Å². The third-order valence-corrected chi connectivity index (χ3v) is 8.42. The number of piperazine rings is 1.